The van der Waals surface area contributed by atoms with Crippen molar-refractivity contribution in [2.45, 2.75) is 6.42 Å². The molecule has 0 saturated heterocycles. The zero-order valence-corrected chi connectivity index (χ0v) is 12.6. The fraction of sp³-hybridized carbons (Fsp3) is 0.0500. The highest BCUT2D eigenvalue weighted by molar-refractivity contribution is 6.67. The topological polar surface area (TPSA) is 17.1 Å². The lowest BCUT2D eigenvalue weighted by atomic mass is 9.95. The molecule has 0 aromatic heterocycles. The Kier molecular flexibility index (Phi) is 3.09. The van der Waals surface area contributed by atoms with Crippen LogP contribution in [0.4, 0.5) is 0 Å². The predicted octanol–water partition coefficient (Wildman–Crippen LogP) is 5.30. The Morgan fingerprint density at radius 3 is 2.23 bits per heavy atom. The van der Waals surface area contributed by atoms with Gasteiger partial charge in [0.2, 0.25) is 0 Å². The van der Waals surface area contributed by atoms with Crippen LogP contribution in [0.15, 0.2) is 66.7 Å². The number of fused-ring (bicyclic) bond motifs is 3. The van der Waals surface area contributed by atoms with Crippen LogP contribution in [0.3, 0.4) is 0 Å². The Morgan fingerprint density at radius 1 is 0.773 bits per heavy atom. The number of rotatable bonds is 2. The number of halogens is 1. The molecule has 3 aromatic carbocycles. The summed E-state index contributed by atoms with van der Waals surface area (Å²) in [6, 6.07) is 22.5. The molecular weight excluding hydrogens is 292 g/mol. The van der Waals surface area contributed by atoms with Gasteiger partial charge in [-0.2, -0.15) is 0 Å². The molecule has 1 nitrogen and oxygen atoms in total. The van der Waals surface area contributed by atoms with Crippen LogP contribution >= 0.6 is 11.6 Å². The van der Waals surface area contributed by atoms with Gasteiger partial charge in [-0.25, -0.2) is 0 Å². The van der Waals surface area contributed by atoms with Crippen LogP contribution in [0.25, 0.3) is 22.3 Å². The molecule has 1 aliphatic rings. The van der Waals surface area contributed by atoms with E-state index in [1.165, 1.54) is 27.8 Å². The van der Waals surface area contributed by atoms with Crippen LogP contribution in [-0.2, 0) is 6.42 Å². The van der Waals surface area contributed by atoms with Crippen molar-refractivity contribution in [1.29, 1.82) is 0 Å². The van der Waals surface area contributed by atoms with E-state index >= 15 is 0 Å². The van der Waals surface area contributed by atoms with Gasteiger partial charge in [0.15, 0.2) is 0 Å². The minimum Gasteiger partial charge on any atom is -0.276 e. The lowest BCUT2D eigenvalue weighted by Gasteiger charge is -2.09. The fourth-order valence-electron chi connectivity index (χ4n) is 3.21. The van der Waals surface area contributed by atoms with Crippen molar-refractivity contribution >= 4 is 16.8 Å². The number of carbonyl (C=O) groups excluding carboxylic acids is 1. The standard InChI is InChI=1S/C20H13ClO/c21-20(22)14-10-8-13(9-11-14)16-6-3-7-18-17-5-2-1-4-15(17)12-19(16)18/h1-11H,12H2. The maximum Gasteiger partial charge on any atom is 0.252 e. The summed E-state index contributed by atoms with van der Waals surface area (Å²) in [5, 5.41) is -0.419. The Morgan fingerprint density at radius 2 is 1.45 bits per heavy atom. The van der Waals surface area contributed by atoms with Crippen LogP contribution in [0.1, 0.15) is 21.5 Å². The molecule has 22 heavy (non-hydrogen) atoms. The first-order valence-electron chi connectivity index (χ1n) is 7.24. The first-order chi connectivity index (χ1) is 10.7. The number of carbonyl (C=O) groups is 1. The Bertz CT molecular complexity index is 878. The van der Waals surface area contributed by atoms with Crippen molar-refractivity contribution in [2.75, 3.05) is 0 Å². The Hall–Kier alpha value is -2.38. The first-order valence-corrected chi connectivity index (χ1v) is 7.62. The molecule has 0 unspecified atom stereocenters. The molecule has 4 rings (SSSR count). The van der Waals surface area contributed by atoms with E-state index in [4.69, 9.17) is 11.6 Å². The van der Waals surface area contributed by atoms with Crippen molar-refractivity contribution in [2.24, 2.45) is 0 Å². The molecule has 0 heterocycles. The monoisotopic (exact) mass is 304 g/mol. The van der Waals surface area contributed by atoms with Crippen molar-refractivity contribution < 1.29 is 4.79 Å². The van der Waals surface area contributed by atoms with E-state index in [1.807, 2.05) is 12.1 Å². The normalized spacial score (nSPS) is 11.9. The third-order valence-electron chi connectivity index (χ3n) is 4.27. The average molecular weight is 305 g/mol. The molecule has 0 saturated carbocycles. The summed E-state index contributed by atoms with van der Waals surface area (Å²) in [5.41, 5.74) is 8.23. The van der Waals surface area contributed by atoms with Gasteiger partial charge >= 0.3 is 0 Å². The summed E-state index contributed by atoms with van der Waals surface area (Å²) in [5.74, 6) is 0. The second-order valence-electron chi connectivity index (χ2n) is 5.52. The minimum atomic E-state index is -0.419. The summed E-state index contributed by atoms with van der Waals surface area (Å²) >= 11 is 5.52. The zero-order valence-electron chi connectivity index (χ0n) is 11.8. The van der Waals surface area contributed by atoms with E-state index in [2.05, 4.69) is 42.5 Å². The van der Waals surface area contributed by atoms with Gasteiger partial charge in [-0.3, -0.25) is 4.79 Å². The first kappa shape index (κ1) is 13.3. The van der Waals surface area contributed by atoms with Gasteiger partial charge in [0, 0.05) is 5.56 Å². The lowest BCUT2D eigenvalue weighted by molar-refractivity contribution is 0.108. The summed E-state index contributed by atoms with van der Waals surface area (Å²) < 4.78 is 0. The second kappa shape index (κ2) is 5.11. The molecule has 106 valence electrons. The summed E-state index contributed by atoms with van der Waals surface area (Å²) in [7, 11) is 0. The predicted molar refractivity (Wildman–Crippen MR) is 90.3 cm³/mol. The Labute approximate surface area is 134 Å². The van der Waals surface area contributed by atoms with Crippen LogP contribution in [0, 0.1) is 0 Å². The molecule has 2 heteroatoms. The smallest absolute Gasteiger partial charge is 0.252 e. The van der Waals surface area contributed by atoms with E-state index in [0.29, 0.717) is 5.56 Å². The minimum absolute atomic E-state index is 0.419. The van der Waals surface area contributed by atoms with Crippen LogP contribution in [0.2, 0.25) is 0 Å². The highest BCUT2D eigenvalue weighted by Gasteiger charge is 2.20. The fourth-order valence-corrected chi connectivity index (χ4v) is 3.33. The Balaban J connectivity index is 1.84. The van der Waals surface area contributed by atoms with Crippen LogP contribution in [-0.4, -0.2) is 5.24 Å². The maximum atomic E-state index is 11.2. The van der Waals surface area contributed by atoms with Gasteiger partial charge in [-0.15, -0.1) is 0 Å². The van der Waals surface area contributed by atoms with E-state index in [0.717, 1.165) is 12.0 Å². The molecule has 0 N–H and O–H groups in total. The van der Waals surface area contributed by atoms with Gasteiger partial charge < -0.3 is 0 Å². The molecule has 0 spiro atoms. The summed E-state index contributed by atoms with van der Waals surface area (Å²) in [4.78, 5) is 11.2. The molecule has 0 bridgehead atoms. The van der Waals surface area contributed by atoms with E-state index in [1.54, 1.807) is 12.1 Å². The molecule has 0 radical (unpaired) electrons. The molecule has 3 aromatic rings. The molecule has 0 aliphatic heterocycles. The summed E-state index contributed by atoms with van der Waals surface area (Å²) in [6.07, 6.45) is 0.956. The second-order valence-corrected chi connectivity index (χ2v) is 5.86. The largest absolute Gasteiger partial charge is 0.276 e. The van der Waals surface area contributed by atoms with Crippen LogP contribution < -0.4 is 0 Å². The lowest BCUT2D eigenvalue weighted by Crippen LogP contribution is -1.90. The molecular formula is C20H13ClO. The van der Waals surface area contributed by atoms with Gasteiger partial charge in [-0.05, 0) is 63.5 Å². The molecule has 1 aliphatic carbocycles. The SMILES string of the molecule is O=C(Cl)c1ccc(-c2cccc3c2Cc2ccccc2-3)cc1. The van der Waals surface area contributed by atoms with E-state index < -0.39 is 5.24 Å². The van der Waals surface area contributed by atoms with Gasteiger partial charge in [0.05, 0.1) is 0 Å². The van der Waals surface area contributed by atoms with E-state index in [-0.39, 0.29) is 0 Å². The van der Waals surface area contributed by atoms with Gasteiger partial charge in [-0.1, -0.05) is 54.6 Å². The van der Waals surface area contributed by atoms with Crippen molar-refractivity contribution in [1.82, 2.24) is 0 Å². The number of hydrogen-bond donors (Lipinski definition) is 0. The van der Waals surface area contributed by atoms with Gasteiger partial charge in [0.25, 0.3) is 5.24 Å². The number of hydrogen-bond acceptors (Lipinski definition) is 1. The third kappa shape index (κ3) is 2.06. The quantitative estimate of drug-likeness (QED) is 0.459. The average Bonchev–Trinajstić information content (AvgIpc) is 2.93. The zero-order chi connectivity index (χ0) is 15.1. The molecule has 0 fully saturated rings. The van der Waals surface area contributed by atoms with Crippen molar-refractivity contribution in [3.8, 4) is 22.3 Å². The summed E-state index contributed by atoms with van der Waals surface area (Å²) in [6.45, 7) is 0. The van der Waals surface area contributed by atoms with Crippen molar-refractivity contribution in [3.63, 3.8) is 0 Å². The van der Waals surface area contributed by atoms with Gasteiger partial charge in [0.1, 0.15) is 0 Å². The molecule has 0 atom stereocenters. The van der Waals surface area contributed by atoms with Crippen molar-refractivity contribution in [3.05, 3.63) is 83.4 Å². The molecule has 0 amide bonds. The maximum absolute atomic E-state index is 11.2. The third-order valence-corrected chi connectivity index (χ3v) is 4.49. The van der Waals surface area contributed by atoms with Crippen LogP contribution in [0.5, 0.6) is 0 Å². The highest BCUT2D eigenvalue weighted by Crippen LogP contribution is 2.41. The van der Waals surface area contributed by atoms with E-state index in [9.17, 15) is 4.79 Å². The number of benzene rings is 3. The highest BCUT2D eigenvalue weighted by atomic mass is 35.5.